The number of benzene rings is 1. The van der Waals surface area contributed by atoms with E-state index < -0.39 is 0 Å². The van der Waals surface area contributed by atoms with E-state index in [2.05, 4.69) is 63.2 Å². The first kappa shape index (κ1) is 12.0. The van der Waals surface area contributed by atoms with Crippen molar-refractivity contribution in [2.24, 2.45) is 0 Å². The molecule has 1 nitrogen and oxygen atoms in total. The predicted molar refractivity (Wildman–Crippen MR) is 77.6 cm³/mol. The molecule has 0 aliphatic rings. The SMILES string of the molecule is CSc1ccc(NCc2csc(Br)c2)cc1. The molecule has 2 rings (SSSR count). The lowest BCUT2D eigenvalue weighted by molar-refractivity contribution is 1.16. The van der Waals surface area contributed by atoms with Gasteiger partial charge in [0.25, 0.3) is 0 Å². The molecule has 0 radical (unpaired) electrons. The summed E-state index contributed by atoms with van der Waals surface area (Å²) in [6, 6.07) is 10.7. The van der Waals surface area contributed by atoms with E-state index in [0.29, 0.717) is 0 Å². The van der Waals surface area contributed by atoms with Crippen LogP contribution < -0.4 is 5.32 Å². The van der Waals surface area contributed by atoms with E-state index in [4.69, 9.17) is 0 Å². The molecule has 2 aromatic rings. The van der Waals surface area contributed by atoms with Crippen LogP contribution in [0.15, 0.2) is 44.4 Å². The topological polar surface area (TPSA) is 12.0 Å². The number of halogens is 1. The Hall–Kier alpha value is -0.450. The normalized spacial score (nSPS) is 10.4. The molecule has 0 saturated carbocycles. The van der Waals surface area contributed by atoms with Crippen LogP contribution in [0.3, 0.4) is 0 Å². The molecule has 1 aromatic carbocycles. The van der Waals surface area contributed by atoms with Gasteiger partial charge in [0.05, 0.1) is 3.79 Å². The van der Waals surface area contributed by atoms with E-state index in [9.17, 15) is 0 Å². The van der Waals surface area contributed by atoms with Crippen molar-refractivity contribution in [3.05, 3.63) is 45.1 Å². The summed E-state index contributed by atoms with van der Waals surface area (Å²) in [7, 11) is 0. The summed E-state index contributed by atoms with van der Waals surface area (Å²) in [5, 5.41) is 5.56. The van der Waals surface area contributed by atoms with Gasteiger partial charge < -0.3 is 5.32 Å². The third kappa shape index (κ3) is 3.27. The summed E-state index contributed by atoms with van der Waals surface area (Å²) in [6.07, 6.45) is 2.09. The van der Waals surface area contributed by atoms with E-state index in [1.807, 2.05) is 0 Å². The number of hydrogen-bond donors (Lipinski definition) is 1. The molecule has 1 N–H and O–H groups in total. The van der Waals surface area contributed by atoms with Crippen LogP contribution in [0, 0.1) is 0 Å². The largest absolute Gasteiger partial charge is 0.381 e. The van der Waals surface area contributed by atoms with E-state index in [0.717, 1.165) is 6.54 Å². The van der Waals surface area contributed by atoms with Gasteiger partial charge in [0, 0.05) is 17.1 Å². The number of nitrogens with one attached hydrogen (secondary N) is 1. The van der Waals surface area contributed by atoms with Gasteiger partial charge in [-0.3, -0.25) is 0 Å². The number of anilines is 1. The van der Waals surface area contributed by atoms with Crippen molar-refractivity contribution in [3.8, 4) is 0 Å². The van der Waals surface area contributed by atoms with Gasteiger partial charge in [0.15, 0.2) is 0 Å². The molecule has 0 saturated heterocycles. The van der Waals surface area contributed by atoms with E-state index in [1.165, 1.54) is 19.9 Å². The lowest BCUT2D eigenvalue weighted by Gasteiger charge is -2.05. The first-order valence-corrected chi connectivity index (χ1v) is 7.78. The van der Waals surface area contributed by atoms with Gasteiger partial charge in [0.2, 0.25) is 0 Å². The van der Waals surface area contributed by atoms with Gasteiger partial charge in [0.1, 0.15) is 0 Å². The maximum atomic E-state index is 3.47. The molecule has 0 unspecified atom stereocenters. The zero-order valence-corrected chi connectivity index (χ0v) is 12.1. The molecule has 16 heavy (non-hydrogen) atoms. The Morgan fingerprint density at radius 2 is 2.06 bits per heavy atom. The maximum absolute atomic E-state index is 3.47. The first-order valence-electron chi connectivity index (χ1n) is 4.89. The van der Waals surface area contributed by atoms with Gasteiger partial charge in [-0.1, -0.05) is 0 Å². The molecule has 0 amide bonds. The third-order valence-electron chi connectivity index (χ3n) is 2.21. The van der Waals surface area contributed by atoms with Crippen LogP contribution in [0.1, 0.15) is 5.56 Å². The van der Waals surface area contributed by atoms with Crippen molar-refractivity contribution in [1.82, 2.24) is 0 Å². The number of thiophene rings is 1. The second kappa shape index (κ2) is 5.75. The second-order valence-electron chi connectivity index (χ2n) is 3.34. The Morgan fingerprint density at radius 1 is 1.31 bits per heavy atom. The fourth-order valence-electron chi connectivity index (χ4n) is 1.35. The third-order valence-corrected chi connectivity index (χ3v) is 4.51. The Morgan fingerprint density at radius 3 is 2.62 bits per heavy atom. The highest BCUT2D eigenvalue weighted by atomic mass is 79.9. The van der Waals surface area contributed by atoms with Crippen molar-refractivity contribution in [1.29, 1.82) is 0 Å². The van der Waals surface area contributed by atoms with Crippen LogP contribution in [0.5, 0.6) is 0 Å². The van der Waals surface area contributed by atoms with Crippen LogP contribution in [-0.4, -0.2) is 6.26 Å². The standard InChI is InChI=1S/C12H12BrNS2/c1-15-11-4-2-10(3-5-11)14-7-9-6-12(13)16-8-9/h2-6,8,14H,7H2,1H3. The van der Waals surface area contributed by atoms with Gasteiger partial charge in [-0.2, -0.15) is 0 Å². The van der Waals surface area contributed by atoms with Crippen molar-refractivity contribution in [2.45, 2.75) is 11.4 Å². The molecule has 0 bridgehead atoms. The highest BCUT2D eigenvalue weighted by molar-refractivity contribution is 9.11. The summed E-state index contributed by atoms with van der Waals surface area (Å²) >= 11 is 6.95. The molecule has 1 heterocycles. The minimum Gasteiger partial charge on any atom is -0.381 e. The second-order valence-corrected chi connectivity index (χ2v) is 6.51. The highest BCUT2D eigenvalue weighted by Gasteiger charge is 1.97. The minimum atomic E-state index is 0.876. The Bertz CT molecular complexity index is 450. The van der Waals surface area contributed by atoms with Crippen LogP contribution in [0.2, 0.25) is 0 Å². The number of thioether (sulfide) groups is 1. The Balaban J connectivity index is 1.94. The lowest BCUT2D eigenvalue weighted by atomic mass is 10.3. The predicted octanol–water partition coefficient (Wildman–Crippen LogP) is 4.84. The maximum Gasteiger partial charge on any atom is 0.0701 e. The van der Waals surface area contributed by atoms with Crippen molar-refractivity contribution < 1.29 is 0 Å². The summed E-state index contributed by atoms with van der Waals surface area (Å²) in [6.45, 7) is 0.876. The molecule has 1 aromatic heterocycles. The van der Waals surface area contributed by atoms with Crippen molar-refractivity contribution in [3.63, 3.8) is 0 Å². The van der Waals surface area contributed by atoms with Crippen LogP contribution in [0.25, 0.3) is 0 Å². The quantitative estimate of drug-likeness (QED) is 0.810. The summed E-state index contributed by atoms with van der Waals surface area (Å²) in [4.78, 5) is 1.30. The fourth-order valence-corrected chi connectivity index (χ4v) is 2.97. The number of hydrogen-bond acceptors (Lipinski definition) is 3. The zero-order valence-electron chi connectivity index (χ0n) is 8.87. The van der Waals surface area contributed by atoms with Crippen LogP contribution in [0.4, 0.5) is 5.69 Å². The highest BCUT2D eigenvalue weighted by Crippen LogP contribution is 2.22. The molecule has 0 aliphatic heterocycles. The van der Waals surface area contributed by atoms with Gasteiger partial charge in [-0.05, 0) is 63.5 Å². The molecule has 4 heteroatoms. The summed E-state index contributed by atoms with van der Waals surface area (Å²) < 4.78 is 1.18. The first-order chi connectivity index (χ1) is 7.78. The molecule has 84 valence electrons. The fraction of sp³-hybridized carbons (Fsp3) is 0.167. The monoisotopic (exact) mass is 313 g/mol. The van der Waals surface area contributed by atoms with Gasteiger partial charge in [-0.25, -0.2) is 0 Å². The molecule has 0 fully saturated rings. The molecular weight excluding hydrogens is 302 g/mol. The molecule has 0 spiro atoms. The lowest BCUT2D eigenvalue weighted by Crippen LogP contribution is -1.97. The van der Waals surface area contributed by atoms with E-state index >= 15 is 0 Å². The van der Waals surface area contributed by atoms with Crippen LogP contribution >= 0.6 is 39.0 Å². The molecular formula is C12H12BrNS2. The van der Waals surface area contributed by atoms with Crippen LogP contribution in [-0.2, 0) is 6.54 Å². The smallest absolute Gasteiger partial charge is 0.0701 e. The average Bonchev–Trinajstić information content (AvgIpc) is 2.73. The van der Waals surface area contributed by atoms with Crippen molar-refractivity contribution >= 4 is 44.7 Å². The van der Waals surface area contributed by atoms with E-state index in [1.54, 1.807) is 23.1 Å². The Labute approximate surface area is 112 Å². The van der Waals surface area contributed by atoms with Gasteiger partial charge in [-0.15, -0.1) is 23.1 Å². The summed E-state index contributed by atoms with van der Waals surface area (Å²) in [5.74, 6) is 0. The van der Waals surface area contributed by atoms with Gasteiger partial charge >= 0.3 is 0 Å². The average molecular weight is 314 g/mol. The van der Waals surface area contributed by atoms with Crippen molar-refractivity contribution in [2.75, 3.05) is 11.6 Å². The molecule has 0 atom stereocenters. The minimum absolute atomic E-state index is 0.876. The zero-order chi connectivity index (χ0) is 11.4. The Kier molecular flexibility index (Phi) is 4.32. The summed E-state index contributed by atoms with van der Waals surface area (Å²) in [5.41, 5.74) is 2.48. The number of rotatable bonds is 4. The molecule has 0 aliphatic carbocycles. The van der Waals surface area contributed by atoms with E-state index in [-0.39, 0.29) is 0 Å².